The van der Waals surface area contributed by atoms with Gasteiger partial charge in [-0.2, -0.15) is 0 Å². The molecular formula is C18H11BrO4. The van der Waals surface area contributed by atoms with Gasteiger partial charge < -0.3 is 9.15 Å². The molecule has 0 saturated carbocycles. The van der Waals surface area contributed by atoms with Crippen LogP contribution in [0, 0.1) is 0 Å². The van der Waals surface area contributed by atoms with Crippen molar-refractivity contribution in [2.45, 2.75) is 0 Å². The van der Waals surface area contributed by atoms with Crippen LogP contribution >= 0.6 is 15.9 Å². The number of benzene rings is 2. The Bertz CT molecular complexity index is 835. The third kappa shape index (κ3) is 3.57. The second-order valence-corrected chi connectivity index (χ2v) is 5.49. The fourth-order valence-electron chi connectivity index (χ4n) is 2.01. The number of furan rings is 1. The molecule has 5 heteroatoms. The lowest BCUT2D eigenvalue weighted by molar-refractivity contribution is 0.0700. The molecule has 0 saturated heterocycles. The summed E-state index contributed by atoms with van der Waals surface area (Å²) >= 11 is 3.12. The van der Waals surface area contributed by atoms with Gasteiger partial charge in [0.1, 0.15) is 5.75 Å². The normalized spacial score (nSPS) is 10.3. The highest BCUT2D eigenvalue weighted by Gasteiger charge is 2.14. The highest BCUT2D eigenvalue weighted by molar-refractivity contribution is 9.10. The molecule has 1 aromatic heterocycles. The van der Waals surface area contributed by atoms with Crippen LogP contribution in [0.15, 0.2) is 75.8 Å². The first kappa shape index (κ1) is 15.2. The Hall–Kier alpha value is -2.66. The van der Waals surface area contributed by atoms with Gasteiger partial charge in [0.2, 0.25) is 5.76 Å². The van der Waals surface area contributed by atoms with E-state index in [2.05, 4.69) is 15.9 Å². The van der Waals surface area contributed by atoms with Crippen molar-refractivity contribution in [1.82, 2.24) is 0 Å². The van der Waals surface area contributed by atoms with Gasteiger partial charge in [-0.25, -0.2) is 4.79 Å². The van der Waals surface area contributed by atoms with Gasteiger partial charge in [0.05, 0.1) is 0 Å². The first-order valence-corrected chi connectivity index (χ1v) is 7.60. The minimum absolute atomic E-state index is 0.0848. The van der Waals surface area contributed by atoms with Crippen LogP contribution in [-0.4, -0.2) is 11.8 Å². The molecule has 0 unspecified atom stereocenters. The van der Waals surface area contributed by atoms with Crippen molar-refractivity contribution < 1.29 is 18.7 Å². The van der Waals surface area contributed by atoms with Crippen molar-refractivity contribution in [3.8, 4) is 5.75 Å². The molecule has 0 radical (unpaired) electrons. The molecule has 3 rings (SSSR count). The highest BCUT2D eigenvalue weighted by atomic mass is 79.9. The van der Waals surface area contributed by atoms with Crippen molar-refractivity contribution in [1.29, 1.82) is 0 Å². The zero-order valence-corrected chi connectivity index (χ0v) is 13.4. The van der Waals surface area contributed by atoms with Gasteiger partial charge in [-0.15, -0.1) is 0 Å². The lowest BCUT2D eigenvalue weighted by Gasteiger charge is -2.04. The van der Waals surface area contributed by atoms with Gasteiger partial charge in [-0.05, 0) is 52.3 Å². The highest BCUT2D eigenvalue weighted by Crippen LogP contribution is 2.19. The van der Waals surface area contributed by atoms with Gasteiger partial charge in [-0.1, -0.05) is 30.3 Å². The van der Waals surface area contributed by atoms with Crippen molar-refractivity contribution >= 4 is 27.7 Å². The maximum absolute atomic E-state index is 12.3. The van der Waals surface area contributed by atoms with Crippen LogP contribution in [0.1, 0.15) is 26.5 Å². The molecule has 1 heterocycles. The van der Waals surface area contributed by atoms with E-state index in [0.29, 0.717) is 21.5 Å². The molecule has 0 fully saturated rings. The monoisotopic (exact) mass is 370 g/mol. The Kier molecular flexibility index (Phi) is 4.39. The van der Waals surface area contributed by atoms with Crippen LogP contribution in [-0.2, 0) is 0 Å². The van der Waals surface area contributed by atoms with Crippen LogP contribution in [0.5, 0.6) is 5.75 Å². The third-order valence-corrected chi connectivity index (χ3v) is 3.56. The Labute approximate surface area is 140 Å². The van der Waals surface area contributed by atoms with Gasteiger partial charge in [0, 0.05) is 11.1 Å². The number of hydrogen-bond donors (Lipinski definition) is 0. The molecule has 23 heavy (non-hydrogen) atoms. The van der Waals surface area contributed by atoms with Gasteiger partial charge in [0.25, 0.3) is 0 Å². The van der Waals surface area contributed by atoms with Crippen LogP contribution in [0.25, 0.3) is 0 Å². The average molecular weight is 371 g/mol. The summed E-state index contributed by atoms with van der Waals surface area (Å²) in [5, 5.41) is 0. The van der Waals surface area contributed by atoms with E-state index >= 15 is 0 Å². The fourth-order valence-corrected chi connectivity index (χ4v) is 2.32. The molecule has 114 valence electrons. The maximum atomic E-state index is 12.3. The fraction of sp³-hybridized carbons (Fsp3) is 0. The van der Waals surface area contributed by atoms with Crippen LogP contribution in [0.4, 0.5) is 0 Å². The molecule has 0 aliphatic carbocycles. The smallest absolute Gasteiger partial charge is 0.379 e. The number of ether oxygens (including phenoxy) is 1. The van der Waals surface area contributed by atoms with Crippen LogP contribution in [0.2, 0.25) is 0 Å². The lowest BCUT2D eigenvalue weighted by Crippen LogP contribution is -2.07. The first-order chi connectivity index (χ1) is 11.1. The van der Waals surface area contributed by atoms with E-state index in [9.17, 15) is 9.59 Å². The molecule has 0 atom stereocenters. The van der Waals surface area contributed by atoms with Gasteiger partial charge >= 0.3 is 5.97 Å². The molecule has 0 bridgehead atoms. The average Bonchev–Trinajstić information content (AvgIpc) is 3.02. The largest absolute Gasteiger partial charge is 0.442 e. The molecular weight excluding hydrogens is 360 g/mol. The molecule has 0 N–H and O–H groups in total. The summed E-state index contributed by atoms with van der Waals surface area (Å²) in [6.07, 6.45) is 0. The van der Waals surface area contributed by atoms with E-state index in [1.54, 1.807) is 42.5 Å². The zero-order valence-electron chi connectivity index (χ0n) is 11.9. The quantitative estimate of drug-likeness (QED) is 0.385. The van der Waals surface area contributed by atoms with Crippen LogP contribution in [0.3, 0.4) is 0 Å². The number of ketones is 1. The van der Waals surface area contributed by atoms with Crippen molar-refractivity contribution in [2.75, 3.05) is 0 Å². The standard InChI is InChI=1S/C18H11BrO4/c19-16-11-10-15(23-16)18(21)22-14-8-6-13(7-9-14)17(20)12-4-2-1-3-5-12/h1-11H. The molecule has 0 spiro atoms. The Morgan fingerprint density at radius 2 is 1.48 bits per heavy atom. The summed E-state index contributed by atoms with van der Waals surface area (Å²) in [5.41, 5.74) is 1.13. The minimum atomic E-state index is -0.599. The first-order valence-electron chi connectivity index (χ1n) is 6.81. The molecule has 2 aromatic carbocycles. The number of carbonyl (C=O) groups is 2. The predicted molar refractivity (Wildman–Crippen MR) is 87.7 cm³/mol. The summed E-state index contributed by atoms with van der Waals surface area (Å²) < 4.78 is 10.8. The molecule has 3 aromatic rings. The summed E-state index contributed by atoms with van der Waals surface area (Å²) in [4.78, 5) is 24.1. The zero-order chi connectivity index (χ0) is 16.2. The van der Waals surface area contributed by atoms with Gasteiger partial charge in [0.15, 0.2) is 10.5 Å². The van der Waals surface area contributed by atoms with E-state index in [-0.39, 0.29) is 11.5 Å². The lowest BCUT2D eigenvalue weighted by atomic mass is 10.0. The SMILES string of the molecule is O=C(c1ccccc1)c1ccc(OC(=O)c2ccc(Br)o2)cc1. The van der Waals surface area contributed by atoms with E-state index in [1.165, 1.54) is 6.07 Å². The van der Waals surface area contributed by atoms with E-state index in [0.717, 1.165) is 0 Å². The van der Waals surface area contributed by atoms with Crippen molar-refractivity contribution in [2.24, 2.45) is 0 Å². The maximum Gasteiger partial charge on any atom is 0.379 e. The summed E-state index contributed by atoms with van der Waals surface area (Å²) in [5.74, 6) is -0.246. The van der Waals surface area contributed by atoms with Crippen molar-refractivity contribution in [3.63, 3.8) is 0 Å². The molecule has 0 amide bonds. The summed E-state index contributed by atoms with van der Waals surface area (Å²) in [6, 6.07) is 18.5. The topological polar surface area (TPSA) is 56.5 Å². The number of carbonyl (C=O) groups excluding carboxylic acids is 2. The molecule has 0 aliphatic rings. The second-order valence-electron chi connectivity index (χ2n) is 4.71. The van der Waals surface area contributed by atoms with Crippen LogP contribution < -0.4 is 4.74 Å². The number of hydrogen-bond acceptors (Lipinski definition) is 4. The second kappa shape index (κ2) is 6.62. The summed E-state index contributed by atoms with van der Waals surface area (Å²) in [6.45, 7) is 0. The minimum Gasteiger partial charge on any atom is -0.442 e. The molecule has 4 nitrogen and oxygen atoms in total. The number of esters is 1. The van der Waals surface area contributed by atoms with E-state index < -0.39 is 5.97 Å². The van der Waals surface area contributed by atoms with E-state index in [1.807, 2.05) is 18.2 Å². The molecule has 0 aliphatic heterocycles. The Morgan fingerprint density at radius 3 is 2.09 bits per heavy atom. The predicted octanol–water partition coefficient (Wildman–Crippen LogP) is 4.49. The van der Waals surface area contributed by atoms with Gasteiger partial charge in [-0.3, -0.25) is 4.79 Å². The number of halogens is 1. The van der Waals surface area contributed by atoms with Crippen molar-refractivity contribution in [3.05, 3.63) is 88.3 Å². The Balaban J connectivity index is 1.72. The summed E-state index contributed by atoms with van der Waals surface area (Å²) in [7, 11) is 0. The third-order valence-electron chi connectivity index (χ3n) is 3.14. The van der Waals surface area contributed by atoms with E-state index in [4.69, 9.17) is 9.15 Å². The number of rotatable bonds is 4. The Morgan fingerprint density at radius 1 is 0.826 bits per heavy atom.